The number of hydrogen-bond acceptors (Lipinski definition) is 7. The molecular weight excluding hydrogens is 392 g/mol. The maximum atomic E-state index is 12.2. The van der Waals surface area contributed by atoms with Crippen LogP contribution in [0.25, 0.3) is 11.4 Å². The van der Waals surface area contributed by atoms with Gasteiger partial charge in [-0.25, -0.2) is 28.1 Å². The molecule has 0 aliphatic heterocycles. The summed E-state index contributed by atoms with van der Waals surface area (Å²) in [5.41, 5.74) is 2.32. The van der Waals surface area contributed by atoms with Gasteiger partial charge in [-0.15, -0.1) is 0 Å². The molecule has 0 amide bonds. The average Bonchev–Trinajstić information content (AvgIpc) is 3.09. The molecule has 0 aliphatic carbocycles. The highest BCUT2D eigenvalue weighted by Crippen LogP contribution is 2.21. The summed E-state index contributed by atoms with van der Waals surface area (Å²) < 4.78 is 28.9. The highest BCUT2D eigenvalue weighted by Gasteiger charge is 2.13. The Hall–Kier alpha value is -2.82. The quantitative estimate of drug-likeness (QED) is 0.456. The first-order valence-electron chi connectivity index (χ1n) is 9.27. The summed E-state index contributed by atoms with van der Waals surface area (Å²) in [5, 5.41) is 11.9. The van der Waals surface area contributed by atoms with E-state index >= 15 is 0 Å². The number of aryl methyl sites for hydroxylation is 1. The fourth-order valence-corrected chi connectivity index (χ4v) is 3.92. The molecule has 9 nitrogen and oxygen atoms in total. The molecule has 2 heterocycles. The molecule has 0 fully saturated rings. The molecule has 3 rings (SSSR count). The second kappa shape index (κ2) is 9.12. The van der Waals surface area contributed by atoms with Crippen LogP contribution in [-0.2, 0) is 16.6 Å². The normalized spacial score (nSPS) is 11.6. The van der Waals surface area contributed by atoms with Crippen molar-refractivity contribution in [3.8, 4) is 11.4 Å². The molecule has 3 N–H and O–H groups in total. The lowest BCUT2D eigenvalue weighted by Crippen LogP contribution is -2.25. The van der Waals surface area contributed by atoms with Crippen molar-refractivity contribution < 1.29 is 13.5 Å². The number of rotatable bonds is 9. The first kappa shape index (κ1) is 20.9. The van der Waals surface area contributed by atoms with Gasteiger partial charge in [0.15, 0.2) is 0 Å². The van der Waals surface area contributed by atoms with E-state index in [1.807, 2.05) is 19.9 Å². The molecule has 29 heavy (non-hydrogen) atoms. The topological polar surface area (TPSA) is 122 Å². The van der Waals surface area contributed by atoms with Gasteiger partial charge in [0.25, 0.3) is 0 Å². The molecule has 2 aromatic heterocycles. The first-order chi connectivity index (χ1) is 13.9. The van der Waals surface area contributed by atoms with Crippen molar-refractivity contribution in [2.45, 2.75) is 31.7 Å². The van der Waals surface area contributed by atoms with E-state index in [9.17, 15) is 8.42 Å². The lowest BCUT2D eigenvalue weighted by atomic mass is 10.3. The van der Waals surface area contributed by atoms with Gasteiger partial charge in [0.1, 0.15) is 5.82 Å². The van der Waals surface area contributed by atoms with Gasteiger partial charge >= 0.3 is 0 Å². The highest BCUT2D eigenvalue weighted by atomic mass is 32.2. The van der Waals surface area contributed by atoms with Crippen LogP contribution in [0.4, 0.5) is 11.6 Å². The number of imidazole rings is 1. The number of anilines is 2. The Morgan fingerprint density at radius 3 is 2.59 bits per heavy atom. The van der Waals surface area contributed by atoms with Crippen LogP contribution in [0, 0.1) is 6.92 Å². The minimum Gasteiger partial charge on any atom is -0.396 e. The van der Waals surface area contributed by atoms with E-state index in [-0.39, 0.29) is 18.0 Å². The molecule has 10 heteroatoms. The van der Waals surface area contributed by atoms with Crippen molar-refractivity contribution in [3.05, 3.63) is 48.5 Å². The molecule has 0 atom stereocenters. The third-order valence-electron chi connectivity index (χ3n) is 4.34. The Morgan fingerprint density at radius 2 is 1.90 bits per heavy atom. The fourth-order valence-electron chi connectivity index (χ4n) is 2.85. The van der Waals surface area contributed by atoms with Crippen LogP contribution in [0.3, 0.4) is 0 Å². The van der Waals surface area contributed by atoms with Gasteiger partial charge in [-0.1, -0.05) is 0 Å². The first-order valence-corrected chi connectivity index (χ1v) is 10.8. The van der Waals surface area contributed by atoms with E-state index in [0.29, 0.717) is 18.1 Å². The molecule has 0 spiro atoms. The molecule has 0 bridgehead atoms. The van der Waals surface area contributed by atoms with Gasteiger partial charge in [0.2, 0.25) is 16.0 Å². The van der Waals surface area contributed by atoms with E-state index in [1.165, 1.54) is 12.1 Å². The van der Waals surface area contributed by atoms with E-state index in [2.05, 4.69) is 29.6 Å². The maximum Gasteiger partial charge on any atom is 0.240 e. The Morgan fingerprint density at radius 1 is 1.14 bits per heavy atom. The lowest BCUT2D eigenvalue weighted by Gasteiger charge is -2.10. The lowest BCUT2D eigenvalue weighted by molar-refractivity contribution is 0.289. The largest absolute Gasteiger partial charge is 0.396 e. The van der Waals surface area contributed by atoms with Gasteiger partial charge in [-0.05, 0) is 50.6 Å². The summed E-state index contributed by atoms with van der Waals surface area (Å²) in [7, 11) is -3.60. The molecule has 0 saturated heterocycles. The number of benzene rings is 1. The van der Waals surface area contributed by atoms with Crippen molar-refractivity contribution in [2.75, 3.05) is 18.5 Å². The molecule has 154 valence electrons. The predicted molar refractivity (Wildman–Crippen MR) is 110 cm³/mol. The summed E-state index contributed by atoms with van der Waals surface area (Å²) in [6.07, 6.45) is 3.81. The van der Waals surface area contributed by atoms with Gasteiger partial charge in [0.05, 0.1) is 22.5 Å². The van der Waals surface area contributed by atoms with E-state index in [0.717, 1.165) is 23.8 Å². The third-order valence-corrected chi connectivity index (χ3v) is 5.81. The molecule has 0 unspecified atom stereocenters. The Labute approximate surface area is 169 Å². The van der Waals surface area contributed by atoms with Crippen LogP contribution >= 0.6 is 0 Å². The molecule has 3 aromatic rings. The molecule has 0 radical (unpaired) electrons. The number of aliphatic hydroxyl groups excluding tert-OH is 1. The molecule has 1 aromatic carbocycles. The summed E-state index contributed by atoms with van der Waals surface area (Å²) in [6.45, 7) is 4.90. The smallest absolute Gasteiger partial charge is 0.240 e. The van der Waals surface area contributed by atoms with Crippen molar-refractivity contribution >= 4 is 21.7 Å². The zero-order chi connectivity index (χ0) is 20.9. The van der Waals surface area contributed by atoms with Crippen molar-refractivity contribution in [1.82, 2.24) is 24.2 Å². The second-order valence-electron chi connectivity index (χ2n) is 6.32. The number of aliphatic hydroxyl groups is 1. The van der Waals surface area contributed by atoms with Gasteiger partial charge in [-0.3, -0.25) is 0 Å². The second-order valence-corrected chi connectivity index (χ2v) is 8.09. The summed E-state index contributed by atoms with van der Waals surface area (Å²) >= 11 is 0. The summed E-state index contributed by atoms with van der Waals surface area (Å²) in [5.74, 6) is 1.32. The Balaban J connectivity index is 1.75. The van der Waals surface area contributed by atoms with Gasteiger partial charge < -0.3 is 15.0 Å². The highest BCUT2D eigenvalue weighted by molar-refractivity contribution is 7.89. The van der Waals surface area contributed by atoms with Gasteiger partial charge in [-0.2, -0.15) is 0 Å². The van der Waals surface area contributed by atoms with Crippen LogP contribution in [0.2, 0.25) is 0 Å². The van der Waals surface area contributed by atoms with Crippen LogP contribution < -0.4 is 10.0 Å². The van der Waals surface area contributed by atoms with Crippen molar-refractivity contribution in [2.24, 2.45) is 0 Å². The van der Waals surface area contributed by atoms with Gasteiger partial charge in [0, 0.05) is 31.6 Å². The minimum atomic E-state index is -3.60. The van der Waals surface area contributed by atoms with Crippen molar-refractivity contribution in [3.63, 3.8) is 0 Å². The van der Waals surface area contributed by atoms with Crippen LogP contribution in [-0.4, -0.2) is 46.2 Å². The summed E-state index contributed by atoms with van der Waals surface area (Å²) in [6, 6.07) is 8.13. The molecular formula is C19H24N6O3S. The van der Waals surface area contributed by atoms with Crippen LogP contribution in [0.1, 0.15) is 19.2 Å². The van der Waals surface area contributed by atoms with E-state index in [4.69, 9.17) is 5.11 Å². The van der Waals surface area contributed by atoms with E-state index < -0.39 is 10.0 Å². The summed E-state index contributed by atoms with van der Waals surface area (Å²) in [4.78, 5) is 13.3. The van der Waals surface area contributed by atoms with E-state index in [1.54, 1.807) is 24.5 Å². The predicted octanol–water partition coefficient (Wildman–Crippen LogP) is 2.07. The van der Waals surface area contributed by atoms with Crippen LogP contribution in [0.15, 0.2) is 47.6 Å². The number of sulfonamides is 1. The number of hydrogen-bond donors (Lipinski definition) is 3. The number of aromatic nitrogens is 4. The van der Waals surface area contributed by atoms with Crippen molar-refractivity contribution in [1.29, 1.82) is 0 Å². The monoisotopic (exact) mass is 416 g/mol. The standard InChI is InChI=1S/C19H24N6O3S/c1-3-25-14(2)21-13-18(25)17-9-11-20-19(24-17)23-15-5-7-16(8-6-15)29(27,28)22-10-4-12-26/h5-9,11,13,22,26H,3-4,10,12H2,1-2H3,(H,20,23,24). The maximum absolute atomic E-state index is 12.2. The average molecular weight is 417 g/mol. The Kier molecular flexibility index (Phi) is 6.57. The fraction of sp³-hybridized carbons (Fsp3) is 0.316. The Bertz CT molecular complexity index is 1060. The number of nitrogens with zero attached hydrogens (tertiary/aromatic N) is 4. The number of nitrogens with one attached hydrogen (secondary N) is 2. The van der Waals surface area contributed by atoms with Crippen LogP contribution in [0.5, 0.6) is 0 Å². The molecule has 0 aliphatic rings. The zero-order valence-electron chi connectivity index (χ0n) is 16.3. The zero-order valence-corrected chi connectivity index (χ0v) is 17.1. The minimum absolute atomic E-state index is 0.0664. The third kappa shape index (κ3) is 4.97. The molecule has 0 saturated carbocycles. The SMILES string of the molecule is CCn1c(-c2ccnc(Nc3ccc(S(=O)(=O)NCCCO)cc3)n2)cnc1C.